The number of benzene rings is 2. The van der Waals surface area contributed by atoms with Crippen molar-refractivity contribution in [2.75, 3.05) is 12.4 Å². The molecule has 2 aromatic carbocycles. The molecule has 1 heterocycles. The normalized spacial score (nSPS) is 12.8. The molecule has 2 N–H and O–H groups in total. The summed E-state index contributed by atoms with van der Waals surface area (Å²) >= 11 is 0. The van der Waals surface area contributed by atoms with Crippen LogP contribution in [0.5, 0.6) is 5.75 Å². The molecule has 1 fully saturated rings. The summed E-state index contributed by atoms with van der Waals surface area (Å²) in [6.45, 7) is 0.129. The van der Waals surface area contributed by atoms with Gasteiger partial charge in [0, 0.05) is 29.4 Å². The van der Waals surface area contributed by atoms with Gasteiger partial charge in [0.25, 0.3) is 11.8 Å². The molecular formula is C24H22FN3O3. The van der Waals surface area contributed by atoms with Gasteiger partial charge in [-0.2, -0.15) is 0 Å². The third kappa shape index (κ3) is 4.88. The van der Waals surface area contributed by atoms with Crippen LogP contribution in [-0.2, 0) is 6.54 Å². The molecule has 6 nitrogen and oxygen atoms in total. The Hall–Kier alpha value is -3.74. The van der Waals surface area contributed by atoms with E-state index in [0.29, 0.717) is 28.5 Å². The molecule has 0 aliphatic heterocycles. The Morgan fingerprint density at radius 1 is 1.06 bits per heavy atom. The zero-order valence-corrected chi connectivity index (χ0v) is 17.0. The third-order valence-corrected chi connectivity index (χ3v) is 5.15. The minimum atomic E-state index is -0.457. The van der Waals surface area contributed by atoms with Crippen LogP contribution < -0.4 is 15.4 Å². The van der Waals surface area contributed by atoms with E-state index < -0.39 is 11.7 Å². The van der Waals surface area contributed by atoms with Crippen LogP contribution in [0.1, 0.15) is 50.6 Å². The second-order valence-electron chi connectivity index (χ2n) is 7.43. The van der Waals surface area contributed by atoms with Crippen molar-refractivity contribution in [1.82, 2.24) is 10.3 Å². The van der Waals surface area contributed by atoms with E-state index in [1.165, 1.54) is 25.4 Å². The largest absolute Gasteiger partial charge is 0.493 e. The van der Waals surface area contributed by atoms with E-state index in [-0.39, 0.29) is 18.0 Å². The van der Waals surface area contributed by atoms with Crippen molar-refractivity contribution in [2.24, 2.45) is 0 Å². The highest BCUT2D eigenvalue weighted by atomic mass is 19.1. The second kappa shape index (κ2) is 8.95. The van der Waals surface area contributed by atoms with Gasteiger partial charge in [0.15, 0.2) is 5.75 Å². The number of carbonyl (C=O) groups excluding carboxylic acids is 2. The number of anilines is 1. The molecule has 2 amide bonds. The van der Waals surface area contributed by atoms with Crippen LogP contribution in [0.3, 0.4) is 0 Å². The van der Waals surface area contributed by atoms with Crippen LogP contribution in [0.25, 0.3) is 0 Å². The number of ether oxygens (including phenoxy) is 1. The lowest BCUT2D eigenvalue weighted by atomic mass is 10.1. The zero-order valence-electron chi connectivity index (χ0n) is 17.0. The standard InChI is InChI=1S/C24H22FN3O3/c1-31-21-14-26-12-19(13-27-23(29)16-5-3-2-4-6-16)22(21)28-24(30)18-9-17(15-7-8-15)10-20(25)11-18/h2-6,9-12,14-15H,7-8,13H2,1H3,(H,27,29)(H,26,28,30). The number of pyridine rings is 1. The van der Waals surface area contributed by atoms with Gasteiger partial charge < -0.3 is 15.4 Å². The summed E-state index contributed by atoms with van der Waals surface area (Å²) < 4.78 is 19.4. The summed E-state index contributed by atoms with van der Waals surface area (Å²) in [6.07, 6.45) is 5.03. The smallest absolute Gasteiger partial charge is 0.255 e. The molecule has 0 radical (unpaired) electrons. The van der Waals surface area contributed by atoms with Crippen LogP contribution in [0.15, 0.2) is 60.9 Å². The summed E-state index contributed by atoms with van der Waals surface area (Å²) in [6, 6.07) is 13.2. The number of aromatic nitrogens is 1. The van der Waals surface area contributed by atoms with Crippen LogP contribution in [0, 0.1) is 5.82 Å². The molecule has 7 heteroatoms. The second-order valence-corrected chi connectivity index (χ2v) is 7.43. The van der Waals surface area contributed by atoms with Crippen molar-refractivity contribution < 1.29 is 18.7 Å². The number of hydrogen-bond acceptors (Lipinski definition) is 4. The van der Waals surface area contributed by atoms with E-state index in [0.717, 1.165) is 18.4 Å². The molecule has 1 saturated carbocycles. The molecule has 0 saturated heterocycles. The van der Waals surface area contributed by atoms with Gasteiger partial charge in [-0.15, -0.1) is 0 Å². The molecule has 0 atom stereocenters. The van der Waals surface area contributed by atoms with Crippen LogP contribution in [-0.4, -0.2) is 23.9 Å². The Labute approximate surface area is 179 Å². The maximum Gasteiger partial charge on any atom is 0.255 e. The number of carbonyl (C=O) groups is 2. The predicted molar refractivity (Wildman–Crippen MR) is 115 cm³/mol. The minimum Gasteiger partial charge on any atom is -0.493 e. The molecule has 0 unspecified atom stereocenters. The fourth-order valence-corrected chi connectivity index (χ4v) is 3.36. The van der Waals surface area contributed by atoms with Gasteiger partial charge in [-0.1, -0.05) is 18.2 Å². The molecule has 3 aromatic rings. The van der Waals surface area contributed by atoms with E-state index in [1.807, 2.05) is 6.07 Å². The quantitative estimate of drug-likeness (QED) is 0.599. The number of nitrogens with zero attached hydrogens (tertiary/aromatic N) is 1. The number of amides is 2. The van der Waals surface area contributed by atoms with Crippen LogP contribution in [0.2, 0.25) is 0 Å². The Morgan fingerprint density at radius 3 is 2.55 bits per heavy atom. The lowest BCUT2D eigenvalue weighted by Gasteiger charge is -2.15. The third-order valence-electron chi connectivity index (χ3n) is 5.15. The SMILES string of the molecule is COc1cncc(CNC(=O)c2ccccc2)c1NC(=O)c1cc(F)cc(C2CC2)c1. The highest BCUT2D eigenvalue weighted by Crippen LogP contribution is 2.40. The minimum absolute atomic E-state index is 0.129. The van der Waals surface area contributed by atoms with Crippen molar-refractivity contribution in [3.8, 4) is 5.75 Å². The Morgan fingerprint density at radius 2 is 1.84 bits per heavy atom. The first kappa shape index (κ1) is 20.5. The van der Waals surface area contributed by atoms with Crippen LogP contribution in [0.4, 0.5) is 10.1 Å². The fraction of sp³-hybridized carbons (Fsp3) is 0.208. The fourth-order valence-electron chi connectivity index (χ4n) is 3.36. The molecule has 1 aliphatic rings. The predicted octanol–water partition coefficient (Wildman–Crippen LogP) is 4.29. The Bertz CT molecular complexity index is 1110. The van der Waals surface area contributed by atoms with Gasteiger partial charge in [0.05, 0.1) is 19.0 Å². The summed E-state index contributed by atoms with van der Waals surface area (Å²) in [4.78, 5) is 29.4. The molecule has 31 heavy (non-hydrogen) atoms. The number of methoxy groups -OCH3 is 1. The number of hydrogen-bond donors (Lipinski definition) is 2. The van der Waals surface area contributed by atoms with E-state index in [1.54, 1.807) is 36.5 Å². The molecule has 4 rings (SSSR count). The van der Waals surface area contributed by atoms with Crippen molar-refractivity contribution in [3.05, 3.63) is 89.0 Å². The highest BCUT2D eigenvalue weighted by Gasteiger charge is 2.25. The van der Waals surface area contributed by atoms with Gasteiger partial charge in [0.1, 0.15) is 5.82 Å². The Balaban J connectivity index is 1.55. The summed E-state index contributed by atoms with van der Waals surface area (Å²) in [7, 11) is 1.46. The van der Waals surface area contributed by atoms with Gasteiger partial charge in [0.2, 0.25) is 0 Å². The zero-order chi connectivity index (χ0) is 21.8. The van der Waals surface area contributed by atoms with E-state index in [2.05, 4.69) is 15.6 Å². The van der Waals surface area contributed by atoms with Gasteiger partial charge >= 0.3 is 0 Å². The van der Waals surface area contributed by atoms with Gasteiger partial charge in [-0.25, -0.2) is 4.39 Å². The first-order valence-electron chi connectivity index (χ1n) is 10.0. The van der Waals surface area contributed by atoms with Crippen LogP contribution >= 0.6 is 0 Å². The van der Waals surface area contributed by atoms with Crippen molar-refractivity contribution in [1.29, 1.82) is 0 Å². The van der Waals surface area contributed by atoms with E-state index >= 15 is 0 Å². The summed E-state index contributed by atoms with van der Waals surface area (Å²) in [5.41, 5.74) is 2.54. The molecule has 1 aliphatic carbocycles. The van der Waals surface area contributed by atoms with Gasteiger partial charge in [-0.3, -0.25) is 14.6 Å². The van der Waals surface area contributed by atoms with Crippen molar-refractivity contribution >= 4 is 17.5 Å². The molecule has 0 spiro atoms. The highest BCUT2D eigenvalue weighted by molar-refractivity contribution is 6.05. The molecule has 0 bridgehead atoms. The maximum absolute atomic E-state index is 14.0. The maximum atomic E-state index is 14.0. The first-order chi connectivity index (χ1) is 15.0. The first-order valence-corrected chi connectivity index (χ1v) is 10.0. The number of rotatable bonds is 7. The van der Waals surface area contributed by atoms with E-state index in [4.69, 9.17) is 4.74 Å². The average molecular weight is 419 g/mol. The molecular weight excluding hydrogens is 397 g/mol. The molecule has 1 aromatic heterocycles. The lowest BCUT2D eigenvalue weighted by molar-refractivity contribution is 0.0950. The number of nitrogens with one attached hydrogen (secondary N) is 2. The van der Waals surface area contributed by atoms with Crippen molar-refractivity contribution in [2.45, 2.75) is 25.3 Å². The monoisotopic (exact) mass is 419 g/mol. The van der Waals surface area contributed by atoms with E-state index in [9.17, 15) is 14.0 Å². The average Bonchev–Trinajstić information content (AvgIpc) is 3.63. The van der Waals surface area contributed by atoms with Crippen molar-refractivity contribution in [3.63, 3.8) is 0 Å². The molecule has 158 valence electrons. The van der Waals surface area contributed by atoms with Gasteiger partial charge in [-0.05, 0) is 54.7 Å². The lowest BCUT2D eigenvalue weighted by Crippen LogP contribution is -2.24. The Kier molecular flexibility index (Phi) is 5.93. The topological polar surface area (TPSA) is 80.3 Å². The summed E-state index contributed by atoms with van der Waals surface area (Å²) in [5, 5.41) is 5.62. The number of halogens is 1. The summed E-state index contributed by atoms with van der Waals surface area (Å²) in [5.74, 6) is -0.479.